The highest BCUT2D eigenvalue weighted by Crippen LogP contribution is 2.36. The van der Waals surface area contributed by atoms with E-state index in [1.807, 2.05) is 0 Å². The minimum absolute atomic E-state index is 0.284. The van der Waals surface area contributed by atoms with E-state index in [1.165, 1.54) is 6.42 Å². The van der Waals surface area contributed by atoms with Crippen LogP contribution in [0.3, 0.4) is 0 Å². The van der Waals surface area contributed by atoms with Crippen LogP contribution in [0.5, 0.6) is 0 Å². The number of rotatable bonds is 2. The third kappa shape index (κ3) is 1.72. The van der Waals surface area contributed by atoms with Crippen LogP contribution in [0.2, 0.25) is 0 Å². The SMILES string of the molecule is CCCC1(O)CCC(C)C1. The number of aliphatic hydroxyl groups is 1. The minimum Gasteiger partial charge on any atom is -0.390 e. The molecule has 0 amide bonds. The summed E-state index contributed by atoms with van der Waals surface area (Å²) in [6.07, 6.45) is 5.39. The Bertz CT molecular complexity index is 107. The first-order valence-electron chi connectivity index (χ1n) is 4.39. The number of hydrogen-bond donors (Lipinski definition) is 1. The van der Waals surface area contributed by atoms with E-state index < -0.39 is 0 Å². The standard InChI is InChI=1S/C9H18O/c1-3-5-9(10)6-4-8(2)7-9/h8,10H,3-7H2,1-2H3. The van der Waals surface area contributed by atoms with Gasteiger partial charge in [0.25, 0.3) is 0 Å². The maximum absolute atomic E-state index is 9.86. The molecule has 0 radical (unpaired) electrons. The molecule has 0 aromatic carbocycles. The zero-order valence-corrected chi connectivity index (χ0v) is 7.06. The molecular formula is C9H18O. The minimum atomic E-state index is -0.284. The molecule has 1 aliphatic rings. The summed E-state index contributed by atoms with van der Waals surface area (Å²) >= 11 is 0. The van der Waals surface area contributed by atoms with Crippen molar-refractivity contribution in [3.05, 3.63) is 0 Å². The van der Waals surface area contributed by atoms with Crippen LogP contribution in [-0.4, -0.2) is 10.7 Å². The average Bonchev–Trinajstić information content (AvgIpc) is 2.12. The predicted octanol–water partition coefficient (Wildman–Crippen LogP) is 2.34. The Labute approximate surface area is 63.4 Å². The van der Waals surface area contributed by atoms with E-state index in [0.29, 0.717) is 0 Å². The van der Waals surface area contributed by atoms with Crippen molar-refractivity contribution in [3.8, 4) is 0 Å². The van der Waals surface area contributed by atoms with Gasteiger partial charge >= 0.3 is 0 Å². The van der Waals surface area contributed by atoms with Crippen LogP contribution >= 0.6 is 0 Å². The summed E-state index contributed by atoms with van der Waals surface area (Å²) in [5.74, 6) is 0.747. The molecule has 1 saturated carbocycles. The molecule has 0 bridgehead atoms. The molecule has 2 atom stereocenters. The smallest absolute Gasteiger partial charge is 0.0650 e. The molecular weight excluding hydrogens is 124 g/mol. The van der Waals surface area contributed by atoms with Crippen LogP contribution in [0.15, 0.2) is 0 Å². The Kier molecular flexibility index (Phi) is 2.35. The van der Waals surface area contributed by atoms with Gasteiger partial charge in [-0.3, -0.25) is 0 Å². The van der Waals surface area contributed by atoms with Gasteiger partial charge in [0, 0.05) is 0 Å². The summed E-state index contributed by atoms with van der Waals surface area (Å²) < 4.78 is 0. The van der Waals surface area contributed by atoms with E-state index in [4.69, 9.17) is 0 Å². The van der Waals surface area contributed by atoms with E-state index in [0.717, 1.165) is 31.6 Å². The highest BCUT2D eigenvalue weighted by atomic mass is 16.3. The van der Waals surface area contributed by atoms with Gasteiger partial charge in [-0.2, -0.15) is 0 Å². The van der Waals surface area contributed by atoms with Crippen LogP contribution in [0.4, 0.5) is 0 Å². The molecule has 0 aliphatic heterocycles. The fourth-order valence-corrected chi connectivity index (χ4v) is 2.06. The first-order valence-corrected chi connectivity index (χ1v) is 4.39. The molecule has 1 heteroatoms. The van der Waals surface area contributed by atoms with Gasteiger partial charge in [-0.25, -0.2) is 0 Å². The summed E-state index contributed by atoms with van der Waals surface area (Å²) in [6.45, 7) is 4.37. The lowest BCUT2D eigenvalue weighted by atomic mass is 9.95. The van der Waals surface area contributed by atoms with Gasteiger partial charge in [-0.15, -0.1) is 0 Å². The lowest BCUT2D eigenvalue weighted by Crippen LogP contribution is -2.23. The third-order valence-electron chi connectivity index (χ3n) is 2.55. The maximum Gasteiger partial charge on any atom is 0.0650 e. The first kappa shape index (κ1) is 8.06. The van der Waals surface area contributed by atoms with E-state index in [2.05, 4.69) is 13.8 Å². The molecule has 0 spiro atoms. The molecule has 1 aliphatic carbocycles. The summed E-state index contributed by atoms with van der Waals surface area (Å²) in [6, 6.07) is 0. The summed E-state index contributed by atoms with van der Waals surface area (Å²) in [7, 11) is 0. The van der Waals surface area contributed by atoms with Gasteiger partial charge in [0.2, 0.25) is 0 Å². The summed E-state index contributed by atoms with van der Waals surface area (Å²) in [4.78, 5) is 0. The zero-order chi connectivity index (χ0) is 7.61. The Morgan fingerprint density at radius 1 is 1.60 bits per heavy atom. The van der Waals surface area contributed by atoms with Gasteiger partial charge in [0.05, 0.1) is 5.60 Å². The maximum atomic E-state index is 9.86. The van der Waals surface area contributed by atoms with Gasteiger partial charge in [-0.1, -0.05) is 20.3 Å². The molecule has 0 heterocycles. The van der Waals surface area contributed by atoms with Crippen molar-refractivity contribution in [1.29, 1.82) is 0 Å². The topological polar surface area (TPSA) is 20.2 Å². The van der Waals surface area contributed by atoms with Crippen molar-refractivity contribution in [2.24, 2.45) is 5.92 Å². The zero-order valence-electron chi connectivity index (χ0n) is 7.06. The van der Waals surface area contributed by atoms with E-state index >= 15 is 0 Å². The second kappa shape index (κ2) is 2.91. The largest absolute Gasteiger partial charge is 0.390 e. The molecule has 0 aromatic rings. The fourth-order valence-electron chi connectivity index (χ4n) is 2.06. The highest BCUT2D eigenvalue weighted by Gasteiger charge is 2.33. The Morgan fingerprint density at radius 3 is 2.70 bits per heavy atom. The van der Waals surface area contributed by atoms with Gasteiger partial charge in [0.15, 0.2) is 0 Å². The number of hydrogen-bond acceptors (Lipinski definition) is 1. The Hall–Kier alpha value is -0.0400. The molecule has 10 heavy (non-hydrogen) atoms. The lowest BCUT2D eigenvalue weighted by Gasteiger charge is -2.21. The monoisotopic (exact) mass is 142 g/mol. The predicted molar refractivity (Wildman–Crippen MR) is 42.9 cm³/mol. The molecule has 0 saturated heterocycles. The van der Waals surface area contributed by atoms with Crippen molar-refractivity contribution >= 4 is 0 Å². The van der Waals surface area contributed by atoms with Crippen LogP contribution in [-0.2, 0) is 0 Å². The molecule has 1 rings (SSSR count). The van der Waals surface area contributed by atoms with Crippen molar-refractivity contribution in [2.75, 3.05) is 0 Å². The van der Waals surface area contributed by atoms with Crippen molar-refractivity contribution in [3.63, 3.8) is 0 Å². The molecule has 1 nitrogen and oxygen atoms in total. The van der Waals surface area contributed by atoms with Crippen LogP contribution in [0.25, 0.3) is 0 Å². The second-order valence-electron chi connectivity index (χ2n) is 3.82. The molecule has 0 aromatic heterocycles. The fraction of sp³-hybridized carbons (Fsp3) is 1.00. The molecule has 2 unspecified atom stereocenters. The first-order chi connectivity index (χ1) is 4.66. The van der Waals surface area contributed by atoms with E-state index in [-0.39, 0.29) is 5.60 Å². The normalized spacial score (nSPS) is 40.5. The van der Waals surface area contributed by atoms with Crippen molar-refractivity contribution in [2.45, 2.75) is 51.6 Å². The third-order valence-corrected chi connectivity index (χ3v) is 2.55. The van der Waals surface area contributed by atoms with Crippen LogP contribution in [0.1, 0.15) is 46.0 Å². The average molecular weight is 142 g/mol. The van der Waals surface area contributed by atoms with Crippen molar-refractivity contribution in [1.82, 2.24) is 0 Å². The van der Waals surface area contributed by atoms with Gasteiger partial charge < -0.3 is 5.11 Å². The van der Waals surface area contributed by atoms with E-state index in [9.17, 15) is 5.11 Å². The van der Waals surface area contributed by atoms with Crippen molar-refractivity contribution < 1.29 is 5.11 Å². The molecule has 60 valence electrons. The van der Waals surface area contributed by atoms with E-state index in [1.54, 1.807) is 0 Å². The summed E-state index contributed by atoms with van der Waals surface area (Å²) in [5.41, 5.74) is -0.284. The van der Waals surface area contributed by atoms with Gasteiger partial charge in [0.1, 0.15) is 0 Å². The summed E-state index contributed by atoms with van der Waals surface area (Å²) in [5, 5.41) is 9.86. The van der Waals surface area contributed by atoms with Gasteiger partial charge in [-0.05, 0) is 31.6 Å². The quantitative estimate of drug-likeness (QED) is 0.627. The van der Waals surface area contributed by atoms with Crippen LogP contribution < -0.4 is 0 Å². The molecule has 1 fully saturated rings. The highest BCUT2D eigenvalue weighted by molar-refractivity contribution is 4.86. The second-order valence-corrected chi connectivity index (χ2v) is 3.82. The van der Waals surface area contributed by atoms with Crippen LogP contribution in [0, 0.1) is 5.92 Å². The Morgan fingerprint density at radius 2 is 2.30 bits per heavy atom. The Balaban J connectivity index is 2.38. The lowest BCUT2D eigenvalue weighted by molar-refractivity contribution is 0.0347. The molecule has 1 N–H and O–H groups in total.